The SMILES string of the molecule is Cc1cc(S(=O)(=O)N2CCCC(c3nnc(-c4ccccc4F)s3)C2)c(Cl)cc1Cl. The van der Waals surface area contributed by atoms with E-state index in [9.17, 15) is 12.8 Å². The van der Waals surface area contributed by atoms with Crippen LogP contribution in [0.4, 0.5) is 4.39 Å². The minimum Gasteiger partial charge on any atom is -0.207 e. The Balaban J connectivity index is 1.60. The van der Waals surface area contributed by atoms with Gasteiger partial charge in [0.1, 0.15) is 15.7 Å². The molecule has 0 aliphatic carbocycles. The Bertz CT molecular complexity index is 1200. The van der Waals surface area contributed by atoms with Crippen LogP contribution in [0.5, 0.6) is 0 Å². The van der Waals surface area contributed by atoms with E-state index < -0.39 is 10.0 Å². The van der Waals surface area contributed by atoms with Gasteiger partial charge >= 0.3 is 0 Å². The molecule has 2 aromatic carbocycles. The van der Waals surface area contributed by atoms with Crippen molar-refractivity contribution in [3.05, 3.63) is 62.8 Å². The highest BCUT2D eigenvalue weighted by Gasteiger charge is 2.34. The van der Waals surface area contributed by atoms with Gasteiger partial charge in [-0.05, 0) is 49.6 Å². The van der Waals surface area contributed by atoms with Gasteiger partial charge in [0.05, 0.1) is 5.02 Å². The Morgan fingerprint density at radius 2 is 1.93 bits per heavy atom. The largest absolute Gasteiger partial charge is 0.244 e. The fourth-order valence-corrected chi connectivity index (χ4v) is 6.80. The van der Waals surface area contributed by atoms with Crippen molar-refractivity contribution in [2.75, 3.05) is 13.1 Å². The summed E-state index contributed by atoms with van der Waals surface area (Å²) in [5, 5.41) is 10.1. The molecule has 1 saturated heterocycles. The van der Waals surface area contributed by atoms with Crippen molar-refractivity contribution >= 4 is 44.6 Å². The van der Waals surface area contributed by atoms with Gasteiger partial charge in [-0.15, -0.1) is 10.2 Å². The summed E-state index contributed by atoms with van der Waals surface area (Å²) in [5.41, 5.74) is 1.04. The van der Waals surface area contributed by atoms with Crippen LogP contribution in [0.2, 0.25) is 10.0 Å². The molecule has 1 atom stereocenters. The number of hydrogen-bond donors (Lipinski definition) is 0. The average molecular weight is 486 g/mol. The molecule has 0 amide bonds. The van der Waals surface area contributed by atoms with Crippen molar-refractivity contribution in [3.8, 4) is 10.6 Å². The van der Waals surface area contributed by atoms with Gasteiger partial charge in [-0.2, -0.15) is 4.31 Å². The zero-order valence-electron chi connectivity index (χ0n) is 16.0. The fraction of sp³-hybridized carbons (Fsp3) is 0.300. The molecular formula is C20H18Cl2FN3O2S2. The van der Waals surface area contributed by atoms with Gasteiger partial charge in [0, 0.05) is 29.6 Å². The van der Waals surface area contributed by atoms with E-state index in [-0.39, 0.29) is 28.2 Å². The van der Waals surface area contributed by atoms with E-state index in [0.717, 1.165) is 6.42 Å². The molecule has 4 rings (SSSR count). The lowest BCUT2D eigenvalue weighted by Crippen LogP contribution is -2.39. The second kappa shape index (κ2) is 8.51. The summed E-state index contributed by atoms with van der Waals surface area (Å²) >= 11 is 13.5. The highest BCUT2D eigenvalue weighted by atomic mass is 35.5. The van der Waals surface area contributed by atoms with Crippen LogP contribution in [0, 0.1) is 12.7 Å². The average Bonchev–Trinajstić information content (AvgIpc) is 3.21. The predicted molar refractivity (Wildman–Crippen MR) is 117 cm³/mol. The molecule has 0 saturated carbocycles. The summed E-state index contributed by atoms with van der Waals surface area (Å²) in [6.45, 7) is 2.41. The van der Waals surface area contributed by atoms with Gasteiger partial charge in [-0.25, -0.2) is 12.8 Å². The summed E-state index contributed by atoms with van der Waals surface area (Å²) in [6, 6.07) is 9.36. The van der Waals surface area contributed by atoms with Crippen LogP contribution in [-0.2, 0) is 10.0 Å². The van der Waals surface area contributed by atoms with Crippen LogP contribution in [-0.4, -0.2) is 36.0 Å². The molecule has 0 radical (unpaired) electrons. The maximum absolute atomic E-state index is 14.1. The number of hydrogen-bond acceptors (Lipinski definition) is 5. The van der Waals surface area contributed by atoms with Crippen LogP contribution in [0.25, 0.3) is 10.6 Å². The van der Waals surface area contributed by atoms with Gasteiger partial charge in [-0.1, -0.05) is 46.7 Å². The van der Waals surface area contributed by atoms with Crippen LogP contribution < -0.4 is 0 Å². The minimum absolute atomic E-state index is 0.0519. The Morgan fingerprint density at radius 3 is 2.70 bits per heavy atom. The van der Waals surface area contributed by atoms with E-state index in [1.807, 2.05) is 0 Å². The topological polar surface area (TPSA) is 63.2 Å². The van der Waals surface area contributed by atoms with Gasteiger partial charge in [0.25, 0.3) is 0 Å². The Kier molecular flexibility index (Phi) is 6.14. The highest BCUT2D eigenvalue weighted by molar-refractivity contribution is 7.89. The molecule has 2 heterocycles. The number of halogens is 3. The third-order valence-electron chi connectivity index (χ3n) is 5.11. The third-order valence-corrected chi connectivity index (χ3v) is 8.97. The molecule has 1 fully saturated rings. The second-order valence-corrected chi connectivity index (χ2v) is 10.9. The first-order valence-corrected chi connectivity index (χ1v) is 12.3. The molecule has 10 heteroatoms. The lowest BCUT2D eigenvalue weighted by molar-refractivity contribution is 0.314. The summed E-state index contributed by atoms with van der Waals surface area (Å²) in [6.07, 6.45) is 1.47. The Hall–Kier alpha value is -1.58. The maximum Gasteiger partial charge on any atom is 0.244 e. The molecule has 0 spiro atoms. The van der Waals surface area contributed by atoms with Crippen molar-refractivity contribution in [2.24, 2.45) is 0 Å². The molecule has 0 bridgehead atoms. The molecule has 0 N–H and O–H groups in total. The number of benzene rings is 2. The number of aromatic nitrogens is 2. The summed E-state index contributed by atoms with van der Waals surface area (Å²) in [4.78, 5) is 0.0519. The van der Waals surface area contributed by atoms with Crippen LogP contribution in [0.15, 0.2) is 41.3 Å². The molecule has 1 aromatic heterocycles. The van der Waals surface area contributed by atoms with E-state index in [2.05, 4.69) is 10.2 Å². The van der Waals surface area contributed by atoms with Crippen LogP contribution in [0.3, 0.4) is 0 Å². The molecule has 5 nitrogen and oxygen atoms in total. The van der Waals surface area contributed by atoms with Crippen molar-refractivity contribution < 1.29 is 12.8 Å². The monoisotopic (exact) mass is 485 g/mol. The Morgan fingerprint density at radius 1 is 1.17 bits per heavy atom. The predicted octanol–water partition coefficient (Wildman–Crippen LogP) is 5.53. The van der Waals surface area contributed by atoms with E-state index in [4.69, 9.17) is 23.2 Å². The van der Waals surface area contributed by atoms with Gasteiger partial charge < -0.3 is 0 Å². The summed E-state index contributed by atoms with van der Waals surface area (Å²) < 4.78 is 42.0. The summed E-state index contributed by atoms with van der Waals surface area (Å²) in [5.74, 6) is -0.473. The number of rotatable bonds is 4. The van der Waals surface area contributed by atoms with E-state index >= 15 is 0 Å². The van der Waals surface area contributed by atoms with E-state index in [1.165, 1.54) is 33.8 Å². The quantitative estimate of drug-likeness (QED) is 0.487. The van der Waals surface area contributed by atoms with E-state index in [0.29, 0.717) is 39.1 Å². The molecule has 30 heavy (non-hydrogen) atoms. The maximum atomic E-state index is 14.1. The van der Waals surface area contributed by atoms with E-state index in [1.54, 1.807) is 25.1 Å². The second-order valence-electron chi connectivity index (χ2n) is 7.16. The first kappa shape index (κ1) is 21.6. The van der Waals surface area contributed by atoms with Crippen molar-refractivity contribution in [1.29, 1.82) is 0 Å². The van der Waals surface area contributed by atoms with Crippen LogP contribution in [0.1, 0.15) is 29.3 Å². The number of aryl methyl sites for hydroxylation is 1. The standard InChI is InChI=1S/C20H18Cl2FN3O2S2/c1-12-9-18(16(22)10-15(12)21)30(27,28)26-8-4-5-13(11-26)19-24-25-20(29-19)14-6-2-3-7-17(14)23/h2-3,6-7,9-10,13H,4-5,8,11H2,1H3. The Labute approximate surface area is 188 Å². The first-order chi connectivity index (χ1) is 14.3. The number of nitrogens with zero attached hydrogens (tertiary/aromatic N) is 3. The number of piperidine rings is 1. The zero-order valence-corrected chi connectivity index (χ0v) is 19.1. The van der Waals surface area contributed by atoms with Crippen LogP contribution >= 0.6 is 34.5 Å². The molecule has 158 valence electrons. The fourth-order valence-electron chi connectivity index (χ4n) is 3.47. The van der Waals surface area contributed by atoms with Crippen molar-refractivity contribution in [2.45, 2.75) is 30.6 Å². The molecule has 1 aliphatic heterocycles. The van der Waals surface area contributed by atoms with Gasteiger partial charge in [0.2, 0.25) is 10.0 Å². The summed E-state index contributed by atoms with van der Waals surface area (Å²) in [7, 11) is -3.79. The molecule has 3 aromatic rings. The van der Waals surface area contributed by atoms with Gasteiger partial charge in [-0.3, -0.25) is 0 Å². The van der Waals surface area contributed by atoms with Crippen molar-refractivity contribution in [3.63, 3.8) is 0 Å². The van der Waals surface area contributed by atoms with Gasteiger partial charge in [0.15, 0.2) is 5.01 Å². The zero-order chi connectivity index (χ0) is 21.5. The smallest absolute Gasteiger partial charge is 0.207 e. The van der Waals surface area contributed by atoms with Crippen molar-refractivity contribution in [1.82, 2.24) is 14.5 Å². The highest BCUT2D eigenvalue weighted by Crippen LogP contribution is 2.36. The molecule has 1 unspecified atom stereocenters. The normalized spacial score (nSPS) is 17.9. The third kappa shape index (κ3) is 4.11. The minimum atomic E-state index is -3.79. The first-order valence-electron chi connectivity index (χ1n) is 9.31. The lowest BCUT2D eigenvalue weighted by atomic mass is 10.0. The number of sulfonamides is 1. The molecular weight excluding hydrogens is 468 g/mol. The molecule has 1 aliphatic rings. The lowest BCUT2D eigenvalue weighted by Gasteiger charge is -2.31.